The summed E-state index contributed by atoms with van der Waals surface area (Å²) in [6, 6.07) is 19.7. The first kappa shape index (κ1) is 30.4. The van der Waals surface area contributed by atoms with Gasteiger partial charge in [-0.25, -0.2) is 0 Å². The van der Waals surface area contributed by atoms with E-state index in [9.17, 15) is 9.59 Å². The van der Waals surface area contributed by atoms with Crippen LogP contribution < -0.4 is 9.47 Å². The highest BCUT2D eigenvalue weighted by atomic mass is 35.5. The lowest BCUT2D eigenvalue weighted by Crippen LogP contribution is -2.79. The molecule has 1 spiro atoms. The highest BCUT2D eigenvalue weighted by Crippen LogP contribution is 2.67. The van der Waals surface area contributed by atoms with E-state index in [-0.39, 0.29) is 30.4 Å². The van der Waals surface area contributed by atoms with Gasteiger partial charge in [0.25, 0.3) is 0 Å². The van der Waals surface area contributed by atoms with Crippen molar-refractivity contribution >= 4 is 35.1 Å². The Morgan fingerprint density at radius 2 is 1.84 bits per heavy atom. The molecule has 0 radical (unpaired) electrons. The van der Waals surface area contributed by atoms with Crippen molar-refractivity contribution in [1.82, 2.24) is 9.80 Å². The molecule has 3 aromatic carbocycles. The fourth-order valence-electron chi connectivity index (χ4n) is 8.91. The molecular formula is C36H38Cl2N2O5. The van der Waals surface area contributed by atoms with Crippen LogP contribution in [0, 0.1) is 0 Å². The lowest BCUT2D eigenvalue weighted by atomic mass is 9.48. The molecule has 1 saturated carbocycles. The Hall–Kier alpha value is -3.26. The number of rotatable bonds is 8. The largest absolute Gasteiger partial charge is 0.493 e. The zero-order valence-electron chi connectivity index (χ0n) is 25.9. The van der Waals surface area contributed by atoms with Gasteiger partial charge in [0.1, 0.15) is 11.7 Å². The van der Waals surface area contributed by atoms with Crippen LogP contribution in [0.2, 0.25) is 10.0 Å². The van der Waals surface area contributed by atoms with Gasteiger partial charge in [0, 0.05) is 26.1 Å². The predicted molar refractivity (Wildman–Crippen MR) is 173 cm³/mol. The topological polar surface area (TPSA) is 68.3 Å². The van der Waals surface area contributed by atoms with E-state index in [0.29, 0.717) is 28.6 Å². The molecule has 236 valence electrons. The SMILES string of the molecule is COc1ccc2c3c1O[C@H]1[C@@H](N(C)C(=O)Cc4ccc(Cl)c(Cl)c4)CC[C@@]4(OC(C)=O)[C@@H](C2)N(CCc2ccccc2)CC[C@]314. The van der Waals surface area contributed by atoms with Crippen LogP contribution in [0.3, 0.4) is 0 Å². The molecule has 45 heavy (non-hydrogen) atoms. The number of methoxy groups -OCH3 is 1. The van der Waals surface area contributed by atoms with Crippen LogP contribution in [0.5, 0.6) is 11.5 Å². The van der Waals surface area contributed by atoms with Gasteiger partial charge in [0.05, 0.1) is 41.1 Å². The molecular weight excluding hydrogens is 611 g/mol. The first-order chi connectivity index (χ1) is 21.7. The first-order valence-corrected chi connectivity index (χ1v) is 16.5. The Balaban J connectivity index is 1.28. The number of carbonyl (C=O) groups is 2. The quantitative estimate of drug-likeness (QED) is 0.278. The van der Waals surface area contributed by atoms with Crippen LogP contribution >= 0.6 is 23.2 Å². The zero-order valence-corrected chi connectivity index (χ0v) is 27.4. The number of nitrogens with zero attached hydrogens (tertiary/aromatic N) is 2. The van der Waals surface area contributed by atoms with Gasteiger partial charge in [-0.15, -0.1) is 0 Å². The molecule has 7 nitrogen and oxygen atoms in total. The molecule has 7 rings (SSSR count). The highest BCUT2D eigenvalue weighted by Gasteiger charge is 2.75. The van der Waals surface area contributed by atoms with E-state index >= 15 is 0 Å². The number of benzene rings is 3. The minimum absolute atomic E-state index is 0.0185. The van der Waals surface area contributed by atoms with Gasteiger partial charge in [-0.1, -0.05) is 65.7 Å². The first-order valence-electron chi connectivity index (χ1n) is 15.7. The van der Waals surface area contributed by atoms with Crippen LogP contribution in [0.25, 0.3) is 0 Å². The Kier molecular flexibility index (Phi) is 7.78. The molecule has 2 aliphatic carbocycles. The van der Waals surface area contributed by atoms with Crippen LogP contribution in [0.15, 0.2) is 60.7 Å². The average molecular weight is 650 g/mol. The van der Waals surface area contributed by atoms with Crippen molar-refractivity contribution < 1.29 is 23.8 Å². The highest BCUT2D eigenvalue weighted by molar-refractivity contribution is 6.42. The minimum Gasteiger partial charge on any atom is -0.493 e. The third-order valence-electron chi connectivity index (χ3n) is 10.8. The molecule has 2 heterocycles. The molecule has 3 aromatic rings. The van der Waals surface area contributed by atoms with E-state index < -0.39 is 17.1 Å². The second kappa shape index (κ2) is 11.5. The summed E-state index contributed by atoms with van der Waals surface area (Å²) in [4.78, 5) is 31.2. The number of hydrogen-bond donors (Lipinski definition) is 0. The lowest BCUT2D eigenvalue weighted by Gasteiger charge is -2.65. The van der Waals surface area contributed by atoms with Gasteiger partial charge >= 0.3 is 5.97 Å². The Labute approximate surface area is 274 Å². The van der Waals surface area contributed by atoms with Crippen molar-refractivity contribution in [2.24, 2.45) is 0 Å². The number of likely N-dealkylation sites (tertiary alicyclic amines) is 1. The molecule has 9 heteroatoms. The van der Waals surface area contributed by atoms with Crippen molar-refractivity contribution in [2.45, 2.75) is 74.7 Å². The van der Waals surface area contributed by atoms with Gasteiger partial charge in [-0.3, -0.25) is 14.5 Å². The molecule has 1 saturated heterocycles. The molecule has 0 aromatic heterocycles. The second-order valence-corrected chi connectivity index (χ2v) is 13.7. The number of amides is 1. The maximum absolute atomic E-state index is 13.8. The molecule has 4 aliphatic rings. The number of esters is 1. The lowest BCUT2D eigenvalue weighted by molar-refractivity contribution is -0.223. The van der Waals surface area contributed by atoms with Gasteiger partial charge in [0.15, 0.2) is 11.5 Å². The smallest absolute Gasteiger partial charge is 0.303 e. The summed E-state index contributed by atoms with van der Waals surface area (Å²) in [5.41, 5.74) is 2.97. The number of carbonyl (C=O) groups excluding carboxylic acids is 2. The molecule has 2 bridgehead atoms. The van der Waals surface area contributed by atoms with Crippen LogP contribution in [-0.4, -0.2) is 72.7 Å². The second-order valence-electron chi connectivity index (χ2n) is 12.9. The number of ether oxygens (including phenoxy) is 3. The Morgan fingerprint density at radius 3 is 2.58 bits per heavy atom. The maximum Gasteiger partial charge on any atom is 0.303 e. The zero-order chi connectivity index (χ0) is 31.5. The standard InChI is InChI=1S/C36H38Cl2N2O5/c1-22(41)45-36-15-13-28(39(2)31(42)20-24-9-11-26(37)27(38)19-24)34-35(36)16-18-40(17-14-23-7-5-4-6-8-23)30(36)21-25-10-12-29(43-3)33(44-34)32(25)35/h4-12,19,28,30,34H,13-18,20-21H2,1-3H3/t28-,30+,34-,35-,36+/m0/s1. The monoisotopic (exact) mass is 648 g/mol. The Morgan fingerprint density at radius 1 is 1.04 bits per heavy atom. The van der Waals surface area contributed by atoms with E-state index in [1.807, 2.05) is 30.1 Å². The molecule has 2 aliphatic heterocycles. The fourth-order valence-corrected chi connectivity index (χ4v) is 9.23. The summed E-state index contributed by atoms with van der Waals surface area (Å²) in [7, 11) is 3.52. The predicted octanol–water partition coefficient (Wildman–Crippen LogP) is 6.04. The third kappa shape index (κ3) is 4.73. The van der Waals surface area contributed by atoms with E-state index in [4.69, 9.17) is 37.4 Å². The van der Waals surface area contributed by atoms with Crippen molar-refractivity contribution in [1.29, 1.82) is 0 Å². The summed E-state index contributed by atoms with van der Waals surface area (Å²) < 4.78 is 19.4. The van der Waals surface area contributed by atoms with E-state index in [2.05, 4.69) is 35.2 Å². The summed E-state index contributed by atoms with van der Waals surface area (Å²) >= 11 is 12.4. The minimum atomic E-state index is -0.798. The molecule has 0 unspecified atom stereocenters. The molecule has 1 amide bonds. The number of hydrogen-bond acceptors (Lipinski definition) is 6. The van der Waals surface area contributed by atoms with Crippen molar-refractivity contribution in [3.05, 3.63) is 93.0 Å². The van der Waals surface area contributed by atoms with Gasteiger partial charge < -0.3 is 19.1 Å². The van der Waals surface area contributed by atoms with Crippen LogP contribution in [0.4, 0.5) is 0 Å². The van der Waals surface area contributed by atoms with Crippen molar-refractivity contribution in [3.63, 3.8) is 0 Å². The third-order valence-corrected chi connectivity index (χ3v) is 11.5. The molecule has 5 atom stereocenters. The number of halogens is 2. The van der Waals surface area contributed by atoms with Crippen LogP contribution in [0.1, 0.15) is 48.4 Å². The number of piperidine rings is 1. The van der Waals surface area contributed by atoms with E-state index in [0.717, 1.165) is 49.2 Å². The fraction of sp³-hybridized carbons (Fsp3) is 0.444. The molecule has 2 fully saturated rings. The van der Waals surface area contributed by atoms with Crippen molar-refractivity contribution in [2.75, 3.05) is 27.2 Å². The van der Waals surface area contributed by atoms with E-state index in [1.54, 1.807) is 19.2 Å². The average Bonchev–Trinajstić information content (AvgIpc) is 3.37. The van der Waals surface area contributed by atoms with Crippen molar-refractivity contribution in [3.8, 4) is 11.5 Å². The summed E-state index contributed by atoms with van der Waals surface area (Å²) in [5, 5.41) is 0.882. The normalized spacial score (nSPS) is 27.7. The number of likely N-dealkylation sites (N-methyl/N-ethyl adjacent to an activating group) is 1. The van der Waals surface area contributed by atoms with Gasteiger partial charge in [0.2, 0.25) is 5.91 Å². The Bertz CT molecular complexity index is 1650. The van der Waals surface area contributed by atoms with Crippen LogP contribution in [-0.2, 0) is 39.0 Å². The van der Waals surface area contributed by atoms with Gasteiger partial charge in [-0.05, 0) is 73.5 Å². The maximum atomic E-state index is 13.8. The molecule has 0 N–H and O–H groups in total. The van der Waals surface area contributed by atoms with Gasteiger partial charge in [-0.2, -0.15) is 0 Å². The summed E-state index contributed by atoms with van der Waals surface area (Å²) in [6.07, 6.45) is 3.46. The van der Waals surface area contributed by atoms with E-state index in [1.165, 1.54) is 18.1 Å². The summed E-state index contributed by atoms with van der Waals surface area (Å²) in [6.45, 7) is 3.22. The summed E-state index contributed by atoms with van der Waals surface area (Å²) in [5.74, 6) is 1.08.